The van der Waals surface area contributed by atoms with Gasteiger partial charge >= 0.3 is 0 Å². The molecule has 3 aliphatic rings. The lowest BCUT2D eigenvalue weighted by Crippen LogP contribution is -2.29. The first kappa shape index (κ1) is 23.5. The van der Waals surface area contributed by atoms with E-state index in [1.165, 1.54) is 38.9 Å². The van der Waals surface area contributed by atoms with Crippen molar-refractivity contribution in [3.63, 3.8) is 0 Å². The van der Waals surface area contributed by atoms with Crippen LogP contribution in [0.25, 0.3) is 11.1 Å². The smallest absolute Gasteiger partial charge is 0.122 e. The minimum absolute atomic E-state index is 0.229. The maximum absolute atomic E-state index is 6.11. The number of rotatable bonds is 8. The van der Waals surface area contributed by atoms with Gasteiger partial charge in [0.2, 0.25) is 0 Å². The molecule has 0 amide bonds. The molecule has 4 nitrogen and oxygen atoms in total. The molecule has 4 aromatic rings. The zero-order valence-electron chi connectivity index (χ0n) is 22.1. The third-order valence-corrected chi connectivity index (χ3v) is 8.07. The molecular formula is C34H32O4. The maximum Gasteiger partial charge on any atom is 0.122 e. The molecule has 2 saturated heterocycles. The summed E-state index contributed by atoms with van der Waals surface area (Å²) >= 11 is 0. The van der Waals surface area contributed by atoms with Crippen LogP contribution < -0.4 is 9.47 Å². The summed E-state index contributed by atoms with van der Waals surface area (Å²) in [7, 11) is 0. The summed E-state index contributed by atoms with van der Waals surface area (Å²) in [6.45, 7) is 9.24. The standard InChI is InChI=1S/C34H32O4/c1-21-8-11-29-28-6-4-5-7-30(28)34(31(29)14-21,24-9-12-32(22(2)15-24)37-19-26-17-35-26)25-10-13-33(23(3)16-25)38-20-27-18-36-27/h4-16,26-27H,17-20H2,1-3H3. The molecule has 7 rings (SSSR count). The van der Waals surface area contributed by atoms with Gasteiger partial charge in [0, 0.05) is 0 Å². The van der Waals surface area contributed by atoms with E-state index in [-0.39, 0.29) is 12.2 Å². The van der Waals surface area contributed by atoms with Crippen molar-refractivity contribution in [3.8, 4) is 22.6 Å². The Balaban J connectivity index is 1.42. The van der Waals surface area contributed by atoms with Crippen LogP contribution in [0, 0.1) is 20.8 Å². The Bertz CT molecular complexity index is 1460. The SMILES string of the molecule is Cc1ccc2c(c1)C(c1ccc(OCC3CO3)c(C)c1)(c1ccc(OCC3CO3)c(C)c1)c1ccccc1-2. The van der Waals surface area contributed by atoms with Gasteiger partial charge in [-0.05, 0) is 77.4 Å². The number of hydrogen-bond acceptors (Lipinski definition) is 4. The fraction of sp³-hybridized carbons (Fsp3) is 0.294. The van der Waals surface area contributed by atoms with E-state index < -0.39 is 5.41 Å². The van der Waals surface area contributed by atoms with E-state index >= 15 is 0 Å². The second-order valence-electron chi connectivity index (χ2n) is 10.8. The van der Waals surface area contributed by atoms with Gasteiger partial charge in [-0.1, -0.05) is 72.3 Å². The fourth-order valence-electron chi connectivity index (χ4n) is 5.97. The van der Waals surface area contributed by atoms with E-state index in [2.05, 4.69) is 99.6 Å². The largest absolute Gasteiger partial charge is 0.491 e. The molecule has 4 heteroatoms. The second kappa shape index (κ2) is 9.00. The van der Waals surface area contributed by atoms with Crippen LogP contribution in [0.3, 0.4) is 0 Å². The van der Waals surface area contributed by atoms with Gasteiger partial charge < -0.3 is 18.9 Å². The highest BCUT2D eigenvalue weighted by Gasteiger charge is 2.46. The van der Waals surface area contributed by atoms with Crippen molar-refractivity contribution < 1.29 is 18.9 Å². The van der Waals surface area contributed by atoms with Crippen molar-refractivity contribution in [1.82, 2.24) is 0 Å². The van der Waals surface area contributed by atoms with E-state index in [1.54, 1.807) is 0 Å². The van der Waals surface area contributed by atoms with Crippen LogP contribution in [0.15, 0.2) is 78.9 Å². The molecule has 2 unspecified atom stereocenters. The zero-order valence-corrected chi connectivity index (χ0v) is 22.1. The van der Waals surface area contributed by atoms with Gasteiger partial charge in [-0.3, -0.25) is 0 Å². The maximum atomic E-state index is 6.11. The van der Waals surface area contributed by atoms with Gasteiger partial charge in [0.25, 0.3) is 0 Å². The van der Waals surface area contributed by atoms with Crippen molar-refractivity contribution in [2.24, 2.45) is 0 Å². The number of ether oxygens (including phenoxy) is 4. The molecule has 2 atom stereocenters. The lowest BCUT2D eigenvalue weighted by Gasteiger charge is -2.35. The zero-order chi connectivity index (χ0) is 25.9. The minimum atomic E-state index is -0.455. The number of hydrogen-bond donors (Lipinski definition) is 0. The van der Waals surface area contributed by atoms with E-state index in [4.69, 9.17) is 18.9 Å². The van der Waals surface area contributed by atoms with Gasteiger partial charge in [-0.15, -0.1) is 0 Å². The molecule has 0 radical (unpaired) electrons. The third-order valence-electron chi connectivity index (χ3n) is 8.07. The molecule has 4 aromatic carbocycles. The van der Waals surface area contributed by atoms with E-state index in [1.807, 2.05) is 0 Å². The Labute approximate surface area is 224 Å². The van der Waals surface area contributed by atoms with Crippen molar-refractivity contribution in [2.75, 3.05) is 26.4 Å². The molecule has 0 saturated carbocycles. The molecule has 38 heavy (non-hydrogen) atoms. The summed E-state index contributed by atoms with van der Waals surface area (Å²) in [5.74, 6) is 1.83. The lowest BCUT2D eigenvalue weighted by molar-refractivity contribution is 0.261. The average molecular weight is 505 g/mol. The second-order valence-corrected chi connectivity index (χ2v) is 10.8. The van der Waals surface area contributed by atoms with Crippen LogP contribution >= 0.6 is 0 Å². The molecule has 192 valence electrons. The molecule has 2 aliphatic heterocycles. The molecule has 1 aliphatic carbocycles. The van der Waals surface area contributed by atoms with E-state index in [0.29, 0.717) is 13.2 Å². The Morgan fingerprint density at radius 1 is 0.658 bits per heavy atom. The van der Waals surface area contributed by atoms with Crippen LogP contribution in [0.2, 0.25) is 0 Å². The van der Waals surface area contributed by atoms with Crippen molar-refractivity contribution >= 4 is 0 Å². The summed E-state index contributed by atoms with van der Waals surface area (Å²) in [5, 5.41) is 0. The summed E-state index contributed by atoms with van der Waals surface area (Å²) in [4.78, 5) is 0. The van der Waals surface area contributed by atoms with Crippen LogP contribution in [-0.2, 0) is 14.9 Å². The molecule has 0 bridgehead atoms. The Hall–Kier alpha value is -3.60. The normalized spacial score (nSPS) is 22.5. The molecule has 2 heterocycles. The number of aryl methyl sites for hydroxylation is 3. The van der Waals surface area contributed by atoms with E-state index in [9.17, 15) is 0 Å². The van der Waals surface area contributed by atoms with Gasteiger partial charge in [-0.2, -0.15) is 0 Å². The van der Waals surface area contributed by atoms with Crippen LogP contribution in [-0.4, -0.2) is 38.6 Å². The first-order valence-corrected chi connectivity index (χ1v) is 13.5. The van der Waals surface area contributed by atoms with Gasteiger partial charge in [0.1, 0.15) is 36.9 Å². The minimum Gasteiger partial charge on any atom is -0.491 e. The Kier molecular flexibility index (Phi) is 5.57. The Morgan fingerprint density at radius 3 is 1.76 bits per heavy atom. The summed E-state index contributed by atoms with van der Waals surface area (Å²) in [5.41, 5.74) is 10.7. The fourth-order valence-corrected chi connectivity index (χ4v) is 5.97. The Morgan fingerprint density at radius 2 is 1.21 bits per heavy atom. The number of epoxide rings is 2. The van der Waals surface area contributed by atoms with E-state index in [0.717, 1.165) is 35.8 Å². The quantitative estimate of drug-likeness (QED) is 0.225. The highest BCUT2D eigenvalue weighted by atomic mass is 16.6. The number of fused-ring (bicyclic) bond motifs is 3. The van der Waals surface area contributed by atoms with Crippen LogP contribution in [0.4, 0.5) is 0 Å². The van der Waals surface area contributed by atoms with Crippen LogP contribution in [0.5, 0.6) is 11.5 Å². The first-order valence-electron chi connectivity index (χ1n) is 13.5. The molecule has 0 N–H and O–H groups in total. The predicted octanol–water partition coefficient (Wildman–Crippen LogP) is 6.53. The molecular weight excluding hydrogens is 472 g/mol. The van der Waals surface area contributed by atoms with Crippen molar-refractivity contribution in [1.29, 1.82) is 0 Å². The monoisotopic (exact) mass is 504 g/mol. The summed E-state index contributed by atoms with van der Waals surface area (Å²) in [6, 6.07) is 29.1. The summed E-state index contributed by atoms with van der Waals surface area (Å²) in [6.07, 6.45) is 0.458. The lowest BCUT2D eigenvalue weighted by atomic mass is 9.67. The molecule has 0 aromatic heterocycles. The number of benzene rings is 4. The third kappa shape index (κ3) is 3.91. The summed E-state index contributed by atoms with van der Waals surface area (Å²) < 4.78 is 22.9. The van der Waals surface area contributed by atoms with Gasteiger partial charge in [0.05, 0.1) is 18.6 Å². The highest BCUT2D eigenvalue weighted by Crippen LogP contribution is 2.57. The average Bonchev–Trinajstić information content (AvgIpc) is 3.85. The molecule has 2 fully saturated rings. The van der Waals surface area contributed by atoms with Gasteiger partial charge in [-0.25, -0.2) is 0 Å². The van der Waals surface area contributed by atoms with Gasteiger partial charge in [0.15, 0.2) is 0 Å². The van der Waals surface area contributed by atoms with Crippen LogP contribution in [0.1, 0.15) is 38.9 Å². The topological polar surface area (TPSA) is 43.5 Å². The molecule has 0 spiro atoms. The highest BCUT2D eigenvalue weighted by molar-refractivity contribution is 5.86. The van der Waals surface area contributed by atoms with Crippen molar-refractivity contribution in [3.05, 3.63) is 118 Å². The van der Waals surface area contributed by atoms with Crippen molar-refractivity contribution in [2.45, 2.75) is 38.4 Å². The first-order chi connectivity index (χ1) is 18.5. The predicted molar refractivity (Wildman–Crippen MR) is 148 cm³/mol.